The molecule has 0 heterocycles. The molecule has 18 heavy (non-hydrogen) atoms. The lowest BCUT2D eigenvalue weighted by atomic mass is 10.1. The van der Waals surface area contributed by atoms with Crippen LogP contribution >= 0.6 is 0 Å². The molecular formula is C12H12F3NO2. The van der Waals surface area contributed by atoms with Gasteiger partial charge >= 0.3 is 12.1 Å². The quantitative estimate of drug-likeness (QED) is 0.629. The first-order valence-corrected chi connectivity index (χ1v) is 5.15. The molecule has 0 saturated heterocycles. The minimum Gasteiger partial charge on any atom is -0.478 e. The van der Waals surface area contributed by atoms with E-state index in [0.717, 1.165) is 12.1 Å². The molecule has 0 saturated carbocycles. The van der Waals surface area contributed by atoms with Gasteiger partial charge in [-0.3, -0.25) is 0 Å². The Morgan fingerprint density at radius 1 is 1.44 bits per heavy atom. The molecule has 0 aliphatic carbocycles. The average Bonchev–Trinajstić information content (AvgIpc) is 2.28. The number of benzene rings is 1. The lowest BCUT2D eigenvalue weighted by Gasteiger charge is -2.12. The zero-order valence-corrected chi connectivity index (χ0v) is 9.42. The van der Waals surface area contributed by atoms with Crippen LogP contribution in [0, 0.1) is 0 Å². The molecule has 0 amide bonds. The van der Waals surface area contributed by atoms with Gasteiger partial charge in [0.05, 0.1) is 11.1 Å². The van der Waals surface area contributed by atoms with E-state index in [0.29, 0.717) is 19.0 Å². The summed E-state index contributed by atoms with van der Waals surface area (Å²) < 4.78 is 37.3. The van der Waals surface area contributed by atoms with Crippen LogP contribution in [0.2, 0.25) is 0 Å². The maximum Gasteiger partial charge on any atom is 0.416 e. The van der Waals surface area contributed by atoms with Crippen LogP contribution in [-0.2, 0) is 6.18 Å². The Bertz CT molecular complexity index is 455. The summed E-state index contributed by atoms with van der Waals surface area (Å²) >= 11 is 0. The van der Waals surface area contributed by atoms with Crippen molar-refractivity contribution in [2.24, 2.45) is 0 Å². The number of halogens is 3. The Hall–Kier alpha value is -1.98. The van der Waals surface area contributed by atoms with E-state index >= 15 is 0 Å². The molecule has 0 aromatic heterocycles. The van der Waals surface area contributed by atoms with Crippen LogP contribution in [0.3, 0.4) is 0 Å². The maximum atomic E-state index is 12.4. The van der Waals surface area contributed by atoms with Gasteiger partial charge < -0.3 is 10.4 Å². The zero-order chi connectivity index (χ0) is 13.8. The van der Waals surface area contributed by atoms with Gasteiger partial charge in [-0.25, -0.2) is 4.79 Å². The van der Waals surface area contributed by atoms with Crippen LogP contribution in [0.25, 0.3) is 0 Å². The van der Waals surface area contributed by atoms with Gasteiger partial charge in [0.15, 0.2) is 0 Å². The van der Waals surface area contributed by atoms with Crippen molar-refractivity contribution in [3.05, 3.63) is 42.0 Å². The molecule has 2 N–H and O–H groups in total. The highest BCUT2D eigenvalue weighted by atomic mass is 19.4. The second-order valence-corrected chi connectivity index (χ2v) is 3.57. The standard InChI is InChI=1S/C12H12F3NO2/c1-2-3-6-16-10-5-4-8(12(13,14)15)7-9(10)11(17)18/h2,4-5,7,16H,1,3,6H2,(H,17,18). The second-order valence-electron chi connectivity index (χ2n) is 3.57. The maximum absolute atomic E-state index is 12.4. The summed E-state index contributed by atoms with van der Waals surface area (Å²) in [6.45, 7) is 3.90. The van der Waals surface area contributed by atoms with Crippen LogP contribution in [0.15, 0.2) is 30.9 Å². The first-order valence-electron chi connectivity index (χ1n) is 5.15. The van der Waals surface area contributed by atoms with E-state index in [2.05, 4.69) is 11.9 Å². The van der Waals surface area contributed by atoms with Crippen LogP contribution in [0.1, 0.15) is 22.3 Å². The third-order valence-corrected chi connectivity index (χ3v) is 2.24. The minimum atomic E-state index is -4.55. The zero-order valence-electron chi connectivity index (χ0n) is 9.42. The fourth-order valence-corrected chi connectivity index (χ4v) is 1.36. The molecule has 0 aliphatic heterocycles. The number of carboxylic acid groups (broad SMARTS) is 1. The van der Waals surface area contributed by atoms with Crippen molar-refractivity contribution in [1.82, 2.24) is 0 Å². The van der Waals surface area contributed by atoms with E-state index in [1.54, 1.807) is 6.08 Å². The van der Waals surface area contributed by atoms with Crippen molar-refractivity contribution in [2.75, 3.05) is 11.9 Å². The normalized spacial score (nSPS) is 11.1. The van der Waals surface area contributed by atoms with Crippen LogP contribution in [-0.4, -0.2) is 17.6 Å². The fourth-order valence-electron chi connectivity index (χ4n) is 1.36. The lowest BCUT2D eigenvalue weighted by Crippen LogP contribution is -2.11. The van der Waals surface area contributed by atoms with Crippen LogP contribution in [0.4, 0.5) is 18.9 Å². The SMILES string of the molecule is C=CCCNc1ccc(C(F)(F)F)cc1C(=O)O. The van der Waals surface area contributed by atoms with Gasteiger partial charge in [-0.05, 0) is 24.6 Å². The predicted octanol–water partition coefficient (Wildman–Crippen LogP) is 3.39. The molecule has 0 spiro atoms. The van der Waals surface area contributed by atoms with E-state index in [-0.39, 0.29) is 5.69 Å². The smallest absolute Gasteiger partial charge is 0.416 e. The highest BCUT2D eigenvalue weighted by molar-refractivity contribution is 5.94. The molecule has 1 rings (SSSR count). The Balaban J connectivity index is 3.05. The number of aromatic carboxylic acids is 1. The lowest BCUT2D eigenvalue weighted by molar-refractivity contribution is -0.137. The molecule has 98 valence electrons. The Labute approximate surface area is 102 Å². The Morgan fingerprint density at radius 2 is 2.11 bits per heavy atom. The van der Waals surface area contributed by atoms with E-state index in [1.807, 2.05) is 0 Å². The summed E-state index contributed by atoms with van der Waals surface area (Å²) in [6, 6.07) is 2.59. The van der Waals surface area contributed by atoms with Gasteiger partial charge in [-0.15, -0.1) is 6.58 Å². The van der Waals surface area contributed by atoms with E-state index in [1.165, 1.54) is 0 Å². The van der Waals surface area contributed by atoms with E-state index in [9.17, 15) is 18.0 Å². The summed E-state index contributed by atoms with van der Waals surface area (Å²) in [4.78, 5) is 10.9. The third-order valence-electron chi connectivity index (χ3n) is 2.24. The number of anilines is 1. The van der Waals surface area contributed by atoms with Crippen molar-refractivity contribution in [1.29, 1.82) is 0 Å². The second kappa shape index (κ2) is 5.57. The summed E-state index contributed by atoms with van der Waals surface area (Å²) in [5, 5.41) is 11.6. The topological polar surface area (TPSA) is 49.3 Å². The van der Waals surface area contributed by atoms with Gasteiger partial charge in [0, 0.05) is 12.2 Å². The number of rotatable bonds is 5. The van der Waals surface area contributed by atoms with Gasteiger partial charge in [0.25, 0.3) is 0 Å². The summed E-state index contributed by atoms with van der Waals surface area (Å²) in [5.41, 5.74) is -1.21. The number of hydrogen-bond donors (Lipinski definition) is 2. The molecule has 0 fully saturated rings. The molecule has 3 nitrogen and oxygen atoms in total. The molecule has 0 unspecified atom stereocenters. The molecule has 0 bridgehead atoms. The third kappa shape index (κ3) is 3.51. The van der Waals surface area contributed by atoms with Crippen molar-refractivity contribution >= 4 is 11.7 Å². The number of carboxylic acids is 1. The van der Waals surface area contributed by atoms with Crippen LogP contribution < -0.4 is 5.32 Å². The average molecular weight is 259 g/mol. The van der Waals surface area contributed by atoms with Crippen molar-refractivity contribution < 1.29 is 23.1 Å². The van der Waals surface area contributed by atoms with E-state index < -0.39 is 23.3 Å². The fraction of sp³-hybridized carbons (Fsp3) is 0.250. The number of hydrogen-bond acceptors (Lipinski definition) is 2. The van der Waals surface area contributed by atoms with Gasteiger partial charge in [0.2, 0.25) is 0 Å². The Morgan fingerprint density at radius 3 is 2.61 bits per heavy atom. The molecular weight excluding hydrogens is 247 g/mol. The summed E-state index contributed by atoms with van der Waals surface area (Å²) in [6.07, 6.45) is -2.35. The monoisotopic (exact) mass is 259 g/mol. The number of carbonyl (C=O) groups is 1. The molecule has 6 heteroatoms. The summed E-state index contributed by atoms with van der Waals surface area (Å²) in [5.74, 6) is -1.40. The Kier molecular flexibility index (Phi) is 4.36. The molecule has 0 radical (unpaired) electrons. The predicted molar refractivity (Wildman–Crippen MR) is 61.7 cm³/mol. The first-order chi connectivity index (χ1) is 8.36. The van der Waals surface area contributed by atoms with Gasteiger partial charge in [-0.1, -0.05) is 6.08 Å². The van der Waals surface area contributed by atoms with Gasteiger partial charge in [0.1, 0.15) is 0 Å². The van der Waals surface area contributed by atoms with Crippen molar-refractivity contribution in [2.45, 2.75) is 12.6 Å². The first kappa shape index (κ1) is 14.1. The molecule has 0 atom stereocenters. The van der Waals surface area contributed by atoms with Crippen molar-refractivity contribution in [3.8, 4) is 0 Å². The molecule has 1 aromatic carbocycles. The van der Waals surface area contributed by atoms with Crippen LogP contribution in [0.5, 0.6) is 0 Å². The molecule has 0 aliphatic rings. The summed E-state index contributed by atoms with van der Waals surface area (Å²) in [7, 11) is 0. The van der Waals surface area contributed by atoms with Gasteiger partial charge in [-0.2, -0.15) is 13.2 Å². The highest BCUT2D eigenvalue weighted by Crippen LogP contribution is 2.31. The largest absolute Gasteiger partial charge is 0.478 e. The number of alkyl halides is 3. The van der Waals surface area contributed by atoms with Crippen molar-refractivity contribution in [3.63, 3.8) is 0 Å². The molecule has 1 aromatic rings. The van der Waals surface area contributed by atoms with E-state index in [4.69, 9.17) is 5.11 Å². The minimum absolute atomic E-state index is 0.164. The number of nitrogens with one attached hydrogen (secondary N) is 1. The highest BCUT2D eigenvalue weighted by Gasteiger charge is 2.31.